The molecule has 20 heavy (non-hydrogen) atoms. The second-order valence-electron chi connectivity index (χ2n) is 3.72. The Labute approximate surface area is 116 Å². The van der Waals surface area contributed by atoms with Crippen molar-refractivity contribution < 1.29 is 9.13 Å². The quantitative estimate of drug-likeness (QED) is 0.491. The molecule has 5 nitrogen and oxygen atoms in total. The maximum absolute atomic E-state index is 13.7. The Morgan fingerprint density at radius 2 is 2.30 bits per heavy atom. The van der Waals surface area contributed by atoms with Gasteiger partial charge >= 0.3 is 0 Å². The zero-order chi connectivity index (χ0) is 15.1. The van der Waals surface area contributed by atoms with Crippen molar-refractivity contribution in [3.05, 3.63) is 53.4 Å². The Bertz CT molecular complexity index is 614. The molecule has 6 heteroatoms. The van der Waals surface area contributed by atoms with Gasteiger partial charge < -0.3 is 15.8 Å². The van der Waals surface area contributed by atoms with E-state index in [2.05, 4.69) is 16.9 Å². The molecule has 0 aromatic heterocycles. The highest BCUT2D eigenvalue weighted by molar-refractivity contribution is 5.57. The third-order valence-electron chi connectivity index (χ3n) is 2.36. The topological polar surface area (TPSA) is 83.4 Å². The van der Waals surface area contributed by atoms with E-state index < -0.39 is 5.82 Å². The van der Waals surface area contributed by atoms with Gasteiger partial charge in [-0.2, -0.15) is 5.26 Å². The molecule has 0 spiro atoms. The average Bonchev–Trinajstić information content (AvgIpc) is 2.42. The summed E-state index contributed by atoms with van der Waals surface area (Å²) in [4.78, 5) is 3.88. The molecule has 3 N–H and O–H groups in total. The number of nitrogens with one attached hydrogen (secondary N) is 1. The first-order valence-corrected chi connectivity index (χ1v) is 5.71. The molecule has 0 heterocycles. The first-order valence-electron chi connectivity index (χ1n) is 5.71. The lowest BCUT2D eigenvalue weighted by atomic mass is 10.2. The van der Waals surface area contributed by atoms with Crippen molar-refractivity contribution in [1.82, 2.24) is 0 Å². The van der Waals surface area contributed by atoms with E-state index in [0.717, 1.165) is 6.07 Å². The Morgan fingerprint density at radius 1 is 1.60 bits per heavy atom. The number of aliphatic imine (C=N–C) groups is 1. The molecule has 0 amide bonds. The molecular formula is C14H15FN4O. The summed E-state index contributed by atoms with van der Waals surface area (Å²) < 4.78 is 18.8. The second kappa shape index (κ2) is 6.95. The van der Waals surface area contributed by atoms with Crippen LogP contribution in [0.5, 0.6) is 0 Å². The predicted octanol–water partition coefficient (Wildman–Crippen LogP) is 2.49. The zero-order valence-corrected chi connectivity index (χ0v) is 11.3. The van der Waals surface area contributed by atoms with Crippen LogP contribution in [0.1, 0.15) is 12.5 Å². The maximum Gasteiger partial charge on any atom is 0.183 e. The smallest absolute Gasteiger partial charge is 0.183 e. The standard InChI is InChI=1S/C14H15FN4O/c1-4-18-14(17)13(20-3)9(2)19-12-6-5-10(8-16)7-11(12)15/h4-7,19H,2,17H2,1,3H3/b14-13+,18-4-. The molecule has 0 saturated heterocycles. The van der Waals surface area contributed by atoms with Gasteiger partial charge in [0.05, 0.1) is 30.1 Å². The number of nitriles is 1. The SMILES string of the molecule is C=C(Nc1ccc(C#N)cc1F)/C(OC)=C(N)\N=C/C. The van der Waals surface area contributed by atoms with Crippen LogP contribution in [0.4, 0.5) is 10.1 Å². The van der Waals surface area contributed by atoms with Gasteiger partial charge in [0.15, 0.2) is 11.6 Å². The Balaban J connectivity index is 3.01. The van der Waals surface area contributed by atoms with Crippen LogP contribution in [-0.2, 0) is 4.74 Å². The molecule has 0 aliphatic heterocycles. The van der Waals surface area contributed by atoms with Crippen LogP contribution in [0.25, 0.3) is 0 Å². The summed E-state index contributed by atoms with van der Waals surface area (Å²) in [6, 6.07) is 5.90. The summed E-state index contributed by atoms with van der Waals surface area (Å²) in [5.41, 5.74) is 6.36. The molecule has 0 fully saturated rings. The molecule has 0 aliphatic carbocycles. The van der Waals surface area contributed by atoms with Gasteiger partial charge in [-0.15, -0.1) is 0 Å². The van der Waals surface area contributed by atoms with E-state index in [9.17, 15) is 4.39 Å². The van der Waals surface area contributed by atoms with E-state index in [0.29, 0.717) is 0 Å². The summed E-state index contributed by atoms with van der Waals surface area (Å²) in [7, 11) is 1.41. The molecule has 0 atom stereocenters. The summed E-state index contributed by atoms with van der Waals surface area (Å²) in [6.45, 7) is 5.43. The van der Waals surface area contributed by atoms with Crippen LogP contribution >= 0.6 is 0 Å². The van der Waals surface area contributed by atoms with Crippen molar-refractivity contribution in [3.63, 3.8) is 0 Å². The van der Waals surface area contributed by atoms with E-state index in [4.69, 9.17) is 15.7 Å². The molecule has 0 aliphatic rings. The van der Waals surface area contributed by atoms with Crippen LogP contribution in [0, 0.1) is 17.1 Å². The number of anilines is 1. The van der Waals surface area contributed by atoms with E-state index in [-0.39, 0.29) is 28.5 Å². The first-order chi connectivity index (χ1) is 9.53. The minimum absolute atomic E-state index is 0.126. The number of halogens is 1. The van der Waals surface area contributed by atoms with Crippen LogP contribution < -0.4 is 11.1 Å². The molecule has 1 aromatic carbocycles. The largest absolute Gasteiger partial charge is 0.491 e. The zero-order valence-electron chi connectivity index (χ0n) is 11.3. The number of benzene rings is 1. The lowest BCUT2D eigenvalue weighted by Gasteiger charge is -2.14. The number of ether oxygens (including phenoxy) is 1. The van der Waals surface area contributed by atoms with Gasteiger partial charge in [-0.25, -0.2) is 9.38 Å². The Morgan fingerprint density at radius 3 is 2.80 bits per heavy atom. The summed E-state index contributed by atoms with van der Waals surface area (Å²) in [5.74, 6) is -0.230. The highest BCUT2D eigenvalue weighted by Gasteiger charge is 2.11. The number of nitrogens with zero attached hydrogens (tertiary/aromatic N) is 2. The van der Waals surface area contributed by atoms with Crippen molar-refractivity contribution in [2.75, 3.05) is 12.4 Å². The van der Waals surface area contributed by atoms with Crippen molar-refractivity contribution in [3.8, 4) is 6.07 Å². The average molecular weight is 274 g/mol. The second-order valence-corrected chi connectivity index (χ2v) is 3.72. The highest BCUT2D eigenvalue weighted by atomic mass is 19.1. The van der Waals surface area contributed by atoms with Crippen molar-refractivity contribution in [1.29, 1.82) is 5.26 Å². The Hall–Kier alpha value is -2.81. The van der Waals surface area contributed by atoms with E-state index >= 15 is 0 Å². The van der Waals surface area contributed by atoms with Crippen molar-refractivity contribution in [2.24, 2.45) is 10.7 Å². The molecule has 0 bridgehead atoms. The summed E-state index contributed by atoms with van der Waals surface area (Å²) in [5, 5.41) is 11.4. The predicted molar refractivity (Wildman–Crippen MR) is 76.3 cm³/mol. The minimum atomic E-state index is -0.571. The van der Waals surface area contributed by atoms with Gasteiger partial charge in [0.25, 0.3) is 0 Å². The monoisotopic (exact) mass is 274 g/mol. The molecule has 0 radical (unpaired) electrons. The van der Waals surface area contributed by atoms with Gasteiger partial charge in [0.1, 0.15) is 5.82 Å². The van der Waals surface area contributed by atoms with E-state index in [1.54, 1.807) is 6.92 Å². The highest BCUT2D eigenvalue weighted by Crippen LogP contribution is 2.20. The van der Waals surface area contributed by atoms with Gasteiger partial charge in [0.2, 0.25) is 0 Å². The molecule has 1 rings (SSSR count). The van der Waals surface area contributed by atoms with Crippen LogP contribution in [0.15, 0.2) is 47.0 Å². The van der Waals surface area contributed by atoms with Gasteiger partial charge in [-0.1, -0.05) is 6.58 Å². The third kappa shape index (κ3) is 3.59. The van der Waals surface area contributed by atoms with E-state index in [1.807, 2.05) is 6.07 Å². The first kappa shape index (κ1) is 15.2. The number of hydrogen-bond acceptors (Lipinski definition) is 5. The molecule has 1 aromatic rings. The fourth-order valence-electron chi connectivity index (χ4n) is 1.49. The molecule has 0 saturated carbocycles. The maximum atomic E-state index is 13.7. The van der Waals surface area contributed by atoms with Crippen LogP contribution in [0.2, 0.25) is 0 Å². The molecular weight excluding hydrogens is 259 g/mol. The number of nitrogens with two attached hydrogens (primary N) is 1. The van der Waals surface area contributed by atoms with Crippen LogP contribution in [-0.4, -0.2) is 13.3 Å². The normalized spacial score (nSPS) is 11.7. The third-order valence-corrected chi connectivity index (χ3v) is 2.36. The lowest BCUT2D eigenvalue weighted by Crippen LogP contribution is -2.10. The number of hydrogen-bond donors (Lipinski definition) is 2. The van der Waals surface area contributed by atoms with Crippen molar-refractivity contribution >= 4 is 11.9 Å². The van der Waals surface area contributed by atoms with Crippen LogP contribution in [0.3, 0.4) is 0 Å². The minimum Gasteiger partial charge on any atom is -0.491 e. The van der Waals surface area contributed by atoms with Crippen molar-refractivity contribution in [2.45, 2.75) is 6.92 Å². The number of methoxy groups -OCH3 is 1. The van der Waals surface area contributed by atoms with E-state index in [1.165, 1.54) is 25.5 Å². The lowest BCUT2D eigenvalue weighted by molar-refractivity contribution is 0.296. The van der Waals surface area contributed by atoms with Gasteiger partial charge in [0, 0.05) is 6.21 Å². The number of rotatable bonds is 5. The fraction of sp³-hybridized carbons (Fsp3) is 0.143. The van der Waals surface area contributed by atoms with Gasteiger partial charge in [-0.3, -0.25) is 0 Å². The van der Waals surface area contributed by atoms with Gasteiger partial charge in [-0.05, 0) is 25.1 Å². The summed E-state index contributed by atoms with van der Waals surface area (Å²) in [6.07, 6.45) is 1.50. The fourth-order valence-corrected chi connectivity index (χ4v) is 1.49. The Kier molecular flexibility index (Phi) is 5.30. The molecule has 0 unspecified atom stereocenters. The molecule has 104 valence electrons. The summed E-state index contributed by atoms with van der Waals surface area (Å²) >= 11 is 0.